The Morgan fingerprint density at radius 1 is 1.19 bits per heavy atom. The predicted molar refractivity (Wildman–Crippen MR) is 109 cm³/mol. The first-order chi connectivity index (χ1) is 13.2. The topological polar surface area (TPSA) is 58.1 Å². The molecule has 1 N–H and O–H groups in total. The van der Waals surface area contributed by atoms with Gasteiger partial charge in [-0.2, -0.15) is 0 Å². The molecule has 0 bridgehead atoms. The summed E-state index contributed by atoms with van der Waals surface area (Å²) < 4.78 is 0. The monoisotopic (exact) mass is 382 g/mol. The molecular weight excluding hydrogens is 356 g/mol. The Morgan fingerprint density at radius 3 is 2.74 bits per heavy atom. The number of amides is 1. The van der Waals surface area contributed by atoms with E-state index in [1.807, 2.05) is 18.4 Å². The minimum absolute atomic E-state index is 0.193. The Labute approximate surface area is 164 Å². The average Bonchev–Trinajstić information content (AvgIpc) is 3.13. The van der Waals surface area contributed by atoms with E-state index in [0.717, 1.165) is 67.5 Å². The van der Waals surface area contributed by atoms with Crippen molar-refractivity contribution in [2.75, 3.05) is 18.4 Å². The lowest BCUT2D eigenvalue weighted by Crippen LogP contribution is -2.41. The minimum Gasteiger partial charge on any atom is -0.342 e. The number of thiazole rings is 1. The number of aromatic nitrogens is 2. The van der Waals surface area contributed by atoms with Crippen LogP contribution in [0.15, 0.2) is 35.7 Å². The third kappa shape index (κ3) is 4.38. The summed E-state index contributed by atoms with van der Waals surface area (Å²) in [4.78, 5) is 24.0. The highest BCUT2D eigenvalue weighted by atomic mass is 32.1. The van der Waals surface area contributed by atoms with Crippen molar-refractivity contribution >= 4 is 28.2 Å². The van der Waals surface area contributed by atoms with Crippen LogP contribution in [0.25, 0.3) is 0 Å². The lowest BCUT2D eigenvalue weighted by atomic mass is 9.89. The van der Waals surface area contributed by atoms with Gasteiger partial charge in [0.1, 0.15) is 5.82 Å². The van der Waals surface area contributed by atoms with E-state index in [4.69, 9.17) is 4.98 Å². The molecule has 142 valence electrons. The highest BCUT2D eigenvalue weighted by Crippen LogP contribution is 2.30. The Balaban J connectivity index is 1.36. The van der Waals surface area contributed by atoms with Gasteiger partial charge in [-0.3, -0.25) is 4.79 Å². The van der Waals surface area contributed by atoms with Crippen LogP contribution in [0.4, 0.5) is 10.9 Å². The maximum Gasteiger partial charge on any atom is 0.226 e. The van der Waals surface area contributed by atoms with Crippen molar-refractivity contribution in [2.45, 2.75) is 44.9 Å². The number of nitrogens with one attached hydrogen (secondary N) is 1. The smallest absolute Gasteiger partial charge is 0.226 e. The van der Waals surface area contributed by atoms with E-state index in [1.54, 1.807) is 11.3 Å². The lowest BCUT2D eigenvalue weighted by molar-refractivity contribution is -0.136. The number of allylic oxidation sites excluding steroid dienone is 2. The molecule has 2 aromatic heterocycles. The SMILES string of the molecule is Cc1csc(Nc2cccc(C3CCN(C(=O)[C@@H]4CC=CCC4)CC3)n2)n1. The maximum atomic E-state index is 12.7. The zero-order valence-electron chi connectivity index (χ0n) is 15.7. The van der Waals surface area contributed by atoms with Crippen LogP contribution in [0.3, 0.4) is 0 Å². The molecule has 1 saturated heterocycles. The molecule has 0 spiro atoms. The Hall–Kier alpha value is -2.21. The summed E-state index contributed by atoms with van der Waals surface area (Å²) in [7, 11) is 0. The van der Waals surface area contributed by atoms with Gasteiger partial charge in [0.15, 0.2) is 5.13 Å². The Bertz CT molecular complexity index is 823. The standard InChI is InChI=1S/C21H26N4OS/c1-15-14-27-21(22-15)24-19-9-5-8-18(23-19)16-10-12-25(13-11-16)20(26)17-6-3-2-4-7-17/h2-3,5,8-9,14,16-17H,4,6-7,10-13H2,1H3,(H,22,23,24)/t17-/m1/s1. The molecular formula is C21H26N4OS. The molecule has 1 aliphatic heterocycles. The van der Waals surface area contributed by atoms with Crippen LogP contribution in [0.2, 0.25) is 0 Å². The van der Waals surface area contributed by atoms with E-state index in [0.29, 0.717) is 11.8 Å². The first-order valence-electron chi connectivity index (χ1n) is 9.79. The number of nitrogens with zero attached hydrogens (tertiary/aromatic N) is 3. The van der Waals surface area contributed by atoms with Crippen molar-refractivity contribution < 1.29 is 4.79 Å². The number of hydrogen-bond acceptors (Lipinski definition) is 5. The molecule has 1 amide bonds. The van der Waals surface area contributed by atoms with Gasteiger partial charge in [0.25, 0.3) is 0 Å². The van der Waals surface area contributed by atoms with Gasteiger partial charge in [-0.05, 0) is 51.2 Å². The van der Waals surface area contributed by atoms with Crippen LogP contribution in [-0.2, 0) is 4.79 Å². The van der Waals surface area contributed by atoms with E-state index in [9.17, 15) is 4.79 Å². The van der Waals surface area contributed by atoms with Crippen LogP contribution in [0.1, 0.15) is 49.4 Å². The van der Waals surface area contributed by atoms with Gasteiger partial charge in [0.2, 0.25) is 5.91 Å². The lowest BCUT2D eigenvalue weighted by Gasteiger charge is -2.34. The molecule has 2 aromatic rings. The fourth-order valence-corrected chi connectivity index (χ4v) is 4.64. The molecule has 1 fully saturated rings. The number of hydrogen-bond donors (Lipinski definition) is 1. The summed E-state index contributed by atoms with van der Waals surface area (Å²) >= 11 is 1.59. The van der Waals surface area contributed by atoms with Crippen LogP contribution in [0, 0.1) is 12.8 Å². The molecule has 0 saturated carbocycles. The molecule has 6 heteroatoms. The number of pyridine rings is 1. The molecule has 1 aliphatic carbocycles. The number of rotatable bonds is 4. The Morgan fingerprint density at radius 2 is 2.04 bits per heavy atom. The molecule has 0 radical (unpaired) electrons. The highest BCUT2D eigenvalue weighted by molar-refractivity contribution is 7.13. The van der Waals surface area contributed by atoms with Gasteiger partial charge in [-0.25, -0.2) is 9.97 Å². The summed E-state index contributed by atoms with van der Waals surface area (Å²) in [5, 5.41) is 6.20. The predicted octanol–water partition coefficient (Wildman–Crippen LogP) is 4.65. The number of piperidine rings is 1. The van der Waals surface area contributed by atoms with Crippen LogP contribution in [-0.4, -0.2) is 33.9 Å². The van der Waals surface area contributed by atoms with Crippen LogP contribution in [0.5, 0.6) is 0 Å². The number of carbonyl (C=O) groups is 1. The van der Waals surface area contributed by atoms with Crippen molar-refractivity contribution in [3.05, 3.63) is 47.1 Å². The van der Waals surface area contributed by atoms with Gasteiger partial charge in [0, 0.05) is 36.0 Å². The zero-order valence-corrected chi connectivity index (χ0v) is 16.5. The number of aryl methyl sites for hydroxylation is 1. The zero-order chi connectivity index (χ0) is 18.6. The fraction of sp³-hybridized carbons (Fsp3) is 0.476. The molecule has 5 nitrogen and oxygen atoms in total. The van der Waals surface area contributed by atoms with Crippen molar-refractivity contribution in [1.82, 2.24) is 14.9 Å². The van der Waals surface area contributed by atoms with Crippen molar-refractivity contribution in [1.29, 1.82) is 0 Å². The van der Waals surface area contributed by atoms with Gasteiger partial charge in [-0.15, -0.1) is 11.3 Å². The Kier molecular flexibility index (Phi) is 5.53. The van der Waals surface area contributed by atoms with E-state index < -0.39 is 0 Å². The number of carbonyl (C=O) groups excluding carboxylic acids is 1. The number of anilines is 2. The molecule has 2 aliphatic rings. The summed E-state index contributed by atoms with van der Waals surface area (Å²) in [5.41, 5.74) is 2.13. The molecule has 0 unspecified atom stereocenters. The van der Waals surface area contributed by atoms with Crippen LogP contribution >= 0.6 is 11.3 Å². The van der Waals surface area contributed by atoms with E-state index in [1.165, 1.54) is 0 Å². The van der Waals surface area contributed by atoms with Crippen molar-refractivity contribution in [2.24, 2.45) is 5.92 Å². The summed E-state index contributed by atoms with van der Waals surface area (Å²) in [6, 6.07) is 6.14. The first kappa shape index (κ1) is 18.2. The second kappa shape index (κ2) is 8.21. The maximum absolute atomic E-state index is 12.7. The molecule has 27 heavy (non-hydrogen) atoms. The molecule has 0 aromatic carbocycles. The quantitative estimate of drug-likeness (QED) is 0.782. The normalized spacial score (nSPS) is 20.6. The van der Waals surface area contributed by atoms with Gasteiger partial charge in [0.05, 0.1) is 5.69 Å². The van der Waals surface area contributed by atoms with E-state index in [2.05, 4.69) is 39.5 Å². The average molecular weight is 383 g/mol. The fourth-order valence-electron chi connectivity index (χ4n) is 3.94. The van der Waals surface area contributed by atoms with Gasteiger partial charge < -0.3 is 10.2 Å². The van der Waals surface area contributed by atoms with E-state index >= 15 is 0 Å². The van der Waals surface area contributed by atoms with Gasteiger partial charge >= 0.3 is 0 Å². The molecule has 4 rings (SSSR count). The summed E-state index contributed by atoms with van der Waals surface area (Å²) in [6.07, 6.45) is 9.27. The summed E-state index contributed by atoms with van der Waals surface area (Å²) in [5.74, 6) is 1.80. The second-order valence-electron chi connectivity index (χ2n) is 7.45. The molecule has 3 heterocycles. The first-order valence-corrected chi connectivity index (χ1v) is 10.7. The molecule has 1 atom stereocenters. The third-order valence-electron chi connectivity index (χ3n) is 5.47. The minimum atomic E-state index is 0.193. The highest BCUT2D eigenvalue weighted by Gasteiger charge is 2.29. The van der Waals surface area contributed by atoms with E-state index in [-0.39, 0.29) is 5.92 Å². The summed E-state index contributed by atoms with van der Waals surface area (Å²) in [6.45, 7) is 3.67. The van der Waals surface area contributed by atoms with Crippen LogP contribution < -0.4 is 5.32 Å². The largest absolute Gasteiger partial charge is 0.342 e. The van der Waals surface area contributed by atoms with Crippen molar-refractivity contribution in [3.8, 4) is 0 Å². The van der Waals surface area contributed by atoms with Gasteiger partial charge in [-0.1, -0.05) is 18.2 Å². The third-order valence-corrected chi connectivity index (χ3v) is 6.34. The number of likely N-dealkylation sites (tertiary alicyclic amines) is 1. The van der Waals surface area contributed by atoms with Crippen molar-refractivity contribution in [3.63, 3.8) is 0 Å². The second-order valence-corrected chi connectivity index (χ2v) is 8.31.